The lowest BCUT2D eigenvalue weighted by Gasteiger charge is -2.22. The summed E-state index contributed by atoms with van der Waals surface area (Å²) < 4.78 is 16.3. The van der Waals surface area contributed by atoms with Crippen LogP contribution >= 0.6 is 0 Å². The van der Waals surface area contributed by atoms with E-state index in [4.69, 9.17) is 13.9 Å². The fourth-order valence-corrected chi connectivity index (χ4v) is 3.39. The van der Waals surface area contributed by atoms with Gasteiger partial charge in [-0.25, -0.2) is 4.98 Å². The standard InChI is InChI=1S/C23H21N5O6/c1-2-32-19(29)10-12-27(14-17-8-5-13-33-17)22-21(28(30)31)23(26-15-25-22)34-18-9-3-6-16-7-4-11-24-20(16)18/h3-9,11,13,15H,2,10,12,14H2,1H3. The minimum Gasteiger partial charge on any atom is -0.467 e. The minimum absolute atomic E-state index is 0.000854. The molecule has 0 aliphatic heterocycles. The van der Waals surface area contributed by atoms with Crippen LogP contribution in [-0.4, -0.2) is 39.0 Å². The van der Waals surface area contributed by atoms with E-state index in [9.17, 15) is 14.9 Å². The number of hydrogen-bond acceptors (Lipinski definition) is 10. The van der Waals surface area contributed by atoms with Gasteiger partial charge in [-0.2, -0.15) is 4.98 Å². The lowest BCUT2D eigenvalue weighted by atomic mass is 10.2. The highest BCUT2D eigenvalue weighted by atomic mass is 16.6. The number of pyridine rings is 1. The summed E-state index contributed by atoms with van der Waals surface area (Å²) in [5.74, 6) is 0.173. The predicted octanol–water partition coefficient (Wildman–Crippen LogP) is 4.28. The molecule has 1 aromatic carbocycles. The first-order valence-electron chi connectivity index (χ1n) is 10.5. The van der Waals surface area contributed by atoms with Crippen LogP contribution in [0.5, 0.6) is 11.6 Å². The number of carbonyl (C=O) groups is 1. The van der Waals surface area contributed by atoms with E-state index in [-0.39, 0.29) is 37.8 Å². The monoisotopic (exact) mass is 463 g/mol. The Morgan fingerprint density at radius 2 is 2.00 bits per heavy atom. The molecule has 3 aromatic heterocycles. The molecule has 0 aliphatic rings. The van der Waals surface area contributed by atoms with Crippen LogP contribution in [0.4, 0.5) is 11.5 Å². The van der Waals surface area contributed by atoms with Crippen molar-refractivity contribution in [3.05, 3.63) is 77.1 Å². The Hall–Kier alpha value is -4.54. The van der Waals surface area contributed by atoms with Crippen molar-refractivity contribution in [2.24, 2.45) is 0 Å². The number of ether oxygens (including phenoxy) is 2. The molecule has 0 saturated carbocycles. The number of anilines is 1. The molecule has 0 aliphatic carbocycles. The summed E-state index contributed by atoms with van der Waals surface area (Å²) in [4.78, 5) is 37.5. The van der Waals surface area contributed by atoms with Crippen LogP contribution < -0.4 is 9.64 Å². The van der Waals surface area contributed by atoms with E-state index in [1.807, 2.05) is 12.1 Å². The topological polar surface area (TPSA) is 134 Å². The highest BCUT2D eigenvalue weighted by Gasteiger charge is 2.30. The maximum atomic E-state index is 12.1. The van der Waals surface area contributed by atoms with Gasteiger partial charge in [0, 0.05) is 18.1 Å². The molecular weight excluding hydrogens is 442 g/mol. The Balaban J connectivity index is 1.72. The molecule has 0 bridgehead atoms. The summed E-state index contributed by atoms with van der Waals surface area (Å²) in [5.41, 5.74) is 0.0973. The number of nitrogens with zero attached hydrogens (tertiary/aromatic N) is 5. The van der Waals surface area contributed by atoms with E-state index in [2.05, 4.69) is 15.0 Å². The van der Waals surface area contributed by atoms with E-state index in [1.165, 1.54) is 12.6 Å². The first-order valence-corrected chi connectivity index (χ1v) is 10.5. The third kappa shape index (κ3) is 5.09. The molecule has 174 valence electrons. The quantitative estimate of drug-likeness (QED) is 0.190. The number of carbonyl (C=O) groups excluding carboxylic acids is 1. The van der Waals surface area contributed by atoms with Crippen LogP contribution in [0.3, 0.4) is 0 Å². The zero-order valence-electron chi connectivity index (χ0n) is 18.3. The van der Waals surface area contributed by atoms with Gasteiger partial charge in [0.25, 0.3) is 0 Å². The van der Waals surface area contributed by atoms with Gasteiger partial charge in [-0.3, -0.25) is 19.9 Å². The Morgan fingerprint density at radius 3 is 2.76 bits per heavy atom. The summed E-state index contributed by atoms with van der Waals surface area (Å²) in [7, 11) is 0. The molecule has 0 spiro atoms. The molecule has 3 heterocycles. The van der Waals surface area contributed by atoms with Crippen LogP contribution in [0.15, 0.2) is 65.7 Å². The van der Waals surface area contributed by atoms with Crippen LogP contribution in [0.2, 0.25) is 0 Å². The molecule has 34 heavy (non-hydrogen) atoms. The number of furan rings is 1. The smallest absolute Gasteiger partial charge is 0.373 e. The Labute approximate surface area is 194 Å². The molecule has 4 rings (SSSR count). The minimum atomic E-state index is -0.608. The molecule has 0 fully saturated rings. The molecule has 4 aromatic rings. The molecule has 0 N–H and O–H groups in total. The average Bonchev–Trinajstić information content (AvgIpc) is 3.35. The summed E-state index contributed by atoms with van der Waals surface area (Å²) in [6, 6.07) is 12.3. The second-order valence-corrected chi connectivity index (χ2v) is 7.10. The number of benzene rings is 1. The van der Waals surface area contributed by atoms with E-state index in [0.717, 1.165) is 5.39 Å². The molecule has 0 radical (unpaired) electrons. The second-order valence-electron chi connectivity index (χ2n) is 7.10. The number of aromatic nitrogens is 3. The molecule has 0 amide bonds. The van der Waals surface area contributed by atoms with Gasteiger partial charge >= 0.3 is 17.5 Å². The lowest BCUT2D eigenvalue weighted by Crippen LogP contribution is -2.28. The second kappa shape index (κ2) is 10.4. The molecule has 11 heteroatoms. The largest absolute Gasteiger partial charge is 0.467 e. The number of nitro groups is 1. The van der Waals surface area contributed by atoms with Gasteiger partial charge in [0.1, 0.15) is 17.6 Å². The molecule has 0 saturated heterocycles. The van der Waals surface area contributed by atoms with Gasteiger partial charge in [0.15, 0.2) is 5.75 Å². The summed E-state index contributed by atoms with van der Waals surface area (Å²) >= 11 is 0. The molecular formula is C23H21N5O6. The van der Waals surface area contributed by atoms with Crippen molar-refractivity contribution in [3.63, 3.8) is 0 Å². The Morgan fingerprint density at radius 1 is 1.15 bits per heavy atom. The SMILES string of the molecule is CCOC(=O)CCN(Cc1ccco1)c1ncnc(Oc2cccc3cccnc23)c1[N+](=O)[O-]. The van der Waals surface area contributed by atoms with Gasteiger partial charge in [-0.1, -0.05) is 18.2 Å². The van der Waals surface area contributed by atoms with E-state index in [0.29, 0.717) is 17.0 Å². The third-order valence-electron chi connectivity index (χ3n) is 4.87. The van der Waals surface area contributed by atoms with Crippen molar-refractivity contribution < 1.29 is 23.6 Å². The van der Waals surface area contributed by atoms with Crippen LogP contribution in [-0.2, 0) is 16.1 Å². The van der Waals surface area contributed by atoms with Gasteiger partial charge in [-0.15, -0.1) is 0 Å². The maximum Gasteiger partial charge on any atom is 0.373 e. The predicted molar refractivity (Wildman–Crippen MR) is 122 cm³/mol. The van der Waals surface area contributed by atoms with Gasteiger partial charge < -0.3 is 18.8 Å². The van der Waals surface area contributed by atoms with Crippen molar-refractivity contribution >= 4 is 28.4 Å². The number of rotatable bonds is 10. The fourth-order valence-electron chi connectivity index (χ4n) is 3.39. The van der Waals surface area contributed by atoms with Crippen molar-refractivity contribution in [1.82, 2.24) is 15.0 Å². The zero-order valence-corrected chi connectivity index (χ0v) is 18.3. The summed E-state index contributed by atoms with van der Waals surface area (Å²) in [5, 5.41) is 12.9. The van der Waals surface area contributed by atoms with Crippen molar-refractivity contribution in [2.45, 2.75) is 19.9 Å². The zero-order chi connectivity index (χ0) is 23.9. The van der Waals surface area contributed by atoms with Crippen LogP contribution in [0, 0.1) is 10.1 Å². The van der Waals surface area contributed by atoms with Gasteiger partial charge in [-0.05, 0) is 31.2 Å². The highest BCUT2D eigenvalue weighted by molar-refractivity contribution is 5.84. The molecule has 11 nitrogen and oxygen atoms in total. The molecule has 0 unspecified atom stereocenters. The van der Waals surface area contributed by atoms with Crippen molar-refractivity contribution in [3.8, 4) is 11.6 Å². The average molecular weight is 463 g/mol. The maximum absolute atomic E-state index is 12.1. The molecule has 0 atom stereocenters. The normalized spacial score (nSPS) is 10.7. The first-order chi connectivity index (χ1) is 16.6. The number of esters is 1. The Bertz CT molecular complexity index is 1290. The summed E-state index contributed by atoms with van der Waals surface area (Å²) in [6.07, 6.45) is 4.28. The van der Waals surface area contributed by atoms with Crippen molar-refractivity contribution in [2.75, 3.05) is 18.1 Å². The fraction of sp³-hybridized carbons (Fsp3) is 0.217. The van der Waals surface area contributed by atoms with Gasteiger partial charge in [0.05, 0.1) is 30.8 Å². The first kappa shape index (κ1) is 22.6. The lowest BCUT2D eigenvalue weighted by molar-refractivity contribution is -0.385. The van der Waals surface area contributed by atoms with E-state index >= 15 is 0 Å². The highest BCUT2D eigenvalue weighted by Crippen LogP contribution is 2.38. The van der Waals surface area contributed by atoms with E-state index in [1.54, 1.807) is 48.4 Å². The van der Waals surface area contributed by atoms with E-state index < -0.39 is 16.6 Å². The number of hydrogen-bond donors (Lipinski definition) is 0. The van der Waals surface area contributed by atoms with Crippen molar-refractivity contribution in [1.29, 1.82) is 0 Å². The number of fused-ring (bicyclic) bond motifs is 1. The van der Waals surface area contributed by atoms with Gasteiger partial charge in [0.2, 0.25) is 5.82 Å². The third-order valence-corrected chi connectivity index (χ3v) is 4.87. The number of para-hydroxylation sites is 1. The summed E-state index contributed by atoms with van der Waals surface area (Å²) in [6.45, 7) is 2.19. The Kier molecular flexibility index (Phi) is 6.92. The van der Waals surface area contributed by atoms with Crippen LogP contribution in [0.1, 0.15) is 19.1 Å². The van der Waals surface area contributed by atoms with Crippen LogP contribution in [0.25, 0.3) is 10.9 Å².